The summed E-state index contributed by atoms with van der Waals surface area (Å²) in [6.45, 7) is 1.98. The third-order valence-corrected chi connectivity index (χ3v) is 6.19. The van der Waals surface area contributed by atoms with Crippen molar-refractivity contribution in [3.63, 3.8) is 0 Å². The molecule has 0 atom stereocenters. The van der Waals surface area contributed by atoms with Gasteiger partial charge in [-0.15, -0.1) is 0 Å². The maximum absolute atomic E-state index is 12.6. The van der Waals surface area contributed by atoms with Crippen LogP contribution in [0.4, 0.5) is 0 Å². The highest BCUT2D eigenvalue weighted by Gasteiger charge is 2.34. The predicted molar refractivity (Wildman–Crippen MR) is 80.5 cm³/mol. The van der Waals surface area contributed by atoms with Crippen molar-refractivity contribution in [3.8, 4) is 0 Å². The summed E-state index contributed by atoms with van der Waals surface area (Å²) in [4.78, 5) is 0.728. The molecule has 0 saturated heterocycles. The molecule has 96 valence electrons. The monoisotopic (exact) mass is 334 g/mol. The van der Waals surface area contributed by atoms with E-state index in [4.69, 9.17) is 0 Å². The molecule has 1 aliphatic heterocycles. The zero-order valence-corrected chi connectivity index (χ0v) is 12.6. The normalized spacial score (nSPS) is 16.5. The van der Waals surface area contributed by atoms with Crippen LogP contribution in [0, 0.1) is 6.92 Å². The van der Waals surface area contributed by atoms with Crippen molar-refractivity contribution in [2.75, 3.05) is 0 Å². The summed E-state index contributed by atoms with van der Waals surface area (Å²) < 4.78 is 25.8. The van der Waals surface area contributed by atoms with E-state index in [0.29, 0.717) is 19.8 Å². The molecule has 1 heterocycles. The summed E-state index contributed by atoms with van der Waals surface area (Å²) in [5, 5.41) is 0. The Balaban J connectivity index is 2.29. The molecule has 0 aromatic heterocycles. The molecule has 0 unspecified atom stereocenters. The maximum Gasteiger partial charge on any atom is 0.208 e. The van der Waals surface area contributed by atoms with Gasteiger partial charge < -0.3 is 0 Å². The molecule has 19 heavy (non-hydrogen) atoms. The van der Waals surface area contributed by atoms with Gasteiger partial charge in [-0.1, -0.05) is 48.0 Å². The van der Waals surface area contributed by atoms with Crippen molar-refractivity contribution in [1.29, 1.82) is 0 Å². The highest BCUT2D eigenvalue weighted by atomic mass is 79.9. The first-order valence-corrected chi connectivity index (χ1v) is 8.11. The summed E-state index contributed by atoms with van der Waals surface area (Å²) >= 11 is 3.43. The van der Waals surface area contributed by atoms with Crippen molar-refractivity contribution >= 4 is 35.2 Å². The Kier molecular flexibility index (Phi) is 2.87. The molecule has 0 spiro atoms. The van der Waals surface area contributed by atoms with Gasteiger partial charge in [0.05, 0.1) is 9.80 Å². The van der Waals surface area contributed by atoms with E-state index in [0.717, 1.165) is 11.1 Å². The Bertz CT molecular complexity index is 787. The number of sulfone groups is 1. The summed E-state index contributed by atoms with van der Waals surface area (Å²) in [5.74, 6) is 0. The van der Waals surface area contributed by atoms with Crippen molar-refractivity contribution in [3.05, 3.63) is 65.2 Å². The molecule has 0 amide bonds. The number of benzene rings is 2. The number of rotatable bonds is 1. The van der Waals surface area contributed by atoms with Crippen LogP contribution >= 0.6 is 15.9 Å². The van der Waals surface area contributed by atoms with Crippen molar-refractivity contribution in [2.45, 2.75) is 11.8 Å². The van der Waals surface area contributed by atoms with Crippen LogP contribution in [0.2, 0.25) is 0 Å². The largest absolute Gasteiger partial charge is 0.218 e. The highest BCUT2D eigenvalue weighted by molar-refractivity contribution is 9.15. The third kappa shape index (κ3) is 1.86. The van der Waals surface area contributed by atoms with E-state index in [9.17, 15) is 8.42 Å². The third-order valence-electron chi connectivity index (χ3n) is 3.19. The maximum atomic E-state index is 12.6. The molecular formula is C15H11BrO2S. The number of hydrogen-bond donors (Lipinski definition) is 0. The predicted octanol–water partition coefficient (Wildman–Crippen LogP) is 4.00. The number of aryl methyl sites for hydroxylation is 1. The molecule has 4 heteroatoms. The van der Waals surface area contributed by atoms with Crippen LogP contribution < -0.4 is 0 Å². The Morgan fingerprint density at radius 1 is 0.947 bits per heavy atom. The fourth-order valence-electron chi connectivity index (χ4n) is 2.22. The number of hydrogen-bond acceptors (Lipinski definition) is 2. The summed E-state index contributed by atoms with van der Waals surface area (Å²) in [5.41, 5.74) is 2.56. The van der Waals surface area contributed by atoms with Crippen molar-refractivity contribution in [1.82, 2.24) is 0 Å². The fourth-order valence-corrected chi connectivity index (χ4v) is 5.29. The first kappa shape index (κ1) is 12.6. The van der Waals surface area contributed by atoms with Crippen LogP contribution in [0.5, 0.6) is 0 Å². The second-order valence-corrected chi connectivity index (χ2v) is 7.16. The van der Waals surface area contributed by atoms with Gasteiger partial charge >= 0.3 is 0 Å². The number of halogens is 1. The molecule has 2 aromatic carbocycles. The minimum absolute atomic E-state index is 0.355. The fraction of sp³-hybridized carbons (Fsp3) is 0.0667. The van der Waals surface area contributed by atoms with Gasteiger partial charge in [-0.25, -0.2) is 8.42 Å². The Morgan fingerprint density at radius 3 is 2.21 bits per heavy atom. The minimum Gasteiger partial charge on any atom is -0.218 e. The molecule has 0 aliphatic carbocycles. The Morgan fingerprint density at radius 2 is 1.58 bits per heavy atom. The molecule has 1 aliphatic rings. The minimum atomic E-state index is -3.43. The molecule has 0 saturated carbocycles. The van der Waals surface area contributed by atoms with Gasteiger partial charge in [-0.3, -0.25) is 0 Å². The first-order chi connectivity index (χ1) is 9.01. The second kappa shape index (κ2) is 4.32. The zero-order chi connectivity index (χ0) is 13.6. The van der Waals surface area contributed by atoms with Crippen LogP contribution in [0.25, 0.3) is 9.39 Å². The molecule has 3 rings (SSSR count). The lowest BCUT2D eigenvalue weighted by atomic mass is 10.1. The van der Waals surface area contributed by atoms with Gasteiger partial charge in [-0.05, 0) is 34.5 Å². The average molecular weight is 335 g/mol. The van der Waals surface area contributed by atoms with Crippen LogP contribution in [-0.4, -0.2) is 8.42 Å². The first-order valence-electron chi connectivity index (χ1n) is 5.83. The van der Waals surface area contributed by atoms with Crippen LogP contribution in [0.1, 0.15) is 16.7 Å². The van der Waals surface area contributed by atoms with Gasteiger partial charge in [0.15, 0.2) is 0 Å². The van der Waals surface area contributed by atoms with E-state index in [1.54, 1.807) is 12.1 Å². The van der Waals surface area contributed by atoms with E-state index in [2.05, 4.69) is 15.9 Å². The van der Waals surface area contributed by atoms with Crippen molar-refractivity contribution < 1.29 is 8.42 Å². The molecule has 2 nitrogen and oxygen atoms in total. The average Bonchev–Trinajstić information content (AvgIpc) is 2.60. The Hall–Kier alpha value is -1.39. The van der Waals surface area contributed by atoms with Gasteiger partial charge in [0.1, 0.15) is 0 Å². The molecule has 0 radical (unpaired) electrons. The lowest BCUT2D eigenvalue weighted by molar-refractivity contribution is 0.606. The van der Waals surface area contributed by atoms with Crippen LogP contribution in [0.15, 0.2) is 53.4 Å². The van der Waals surface area contributed by atoms with E-state index in [-0.39, 0.29) is 0 Å². The second-order valence-electron chi connectivity index (χ2n) is 4.51. The molecule has 0 bridgehead atoms. The van der Waals surface area contributed by atoms with E-state index < -0.39 is 9.84 Å². The van der Waals surface area contributed by atoms with Gasteiger partial charge in [0.2, 0.25) is 9.84 Å². The van der Waals surface area contributed by atoms with E-state index in [1.807, 2.05) is 43.3 Å². The van der Waals surface area contributed by atoms with E-state index >= 15 is 0 Å². The Labute approximate surface area is 120 Å². The lowest BCUT2D eigenvalue weighted by Crippen LogP contribution is -2.00. The van der Waals surface area contributed by atoms with Crippen LogP contribution in [0.3, 0.4) is 0 Å². The summed E-state index contributed by atoms with van der Waals surface area (Å²) in [7, 11) is -3.43. The molecule has 0 N–H and O–H groups in total. The summed E-state index contributed by atoms with van der Waals surface area (Å²) in [6.07, 6.45) is 0. The summed E-state index contributed by atoms with van der Waals surface area (Å²) in [6, 6.07) is 14.6. The molecule has 2 aromatic rings. The highest BCUT2D eigenvalue weighted by Crippen LogP contribution is 2.46. The quantitative estimate of drug-likeness (QED) is 0.789. The lowest BCUT2D eigenvalue weighted by Gasteiger charge is -2.04. The zero-order valence-electron chi connectivity index (χ0n) is 10.2. The number of fused-ring (bicyclic) bond motifs is 1. The standard InChI is InChI=1S/C15H11BrO2S/c1-10-6-8-11(9-7-10)15-14(16)12-4-2-3-5-13(12)19(15,17)18/h2-9H,1H3. The van der Waals surface area contributed by atoms with Gasteiger partial charge in [-0.2, -0.15) is 0 Å². The van der Waals surface area contributed by atoms with Gasteiger partial charge in [0.25, 0.3) is 0 Å². The molecule has 0 fully saturated rings. The van der Waals surface area contributed by atoms with Gasteiger partial charge in [0, 0.05) is 10.0 Å². The van der Waals surface area contributed by atoms with Crippen LogP contribution in [-0.2, 0) is 9.84 Å². The topological polar surface area (TPSA) is 34.1 Å². The SMILES string of the molecule is Cc1ccc(C2=C(Br)c3ccccc3S2(=O)=O)cc1. The smallest absolute Gasteiger partial charge is 0.208 e. The van der Waals surface area contributed by atoms with Crippen molar-refractivity contribution in [2.24, 2.45) is 0 Å². The van der Waals surface area contributed by atoms with E-state index in [1.165, 1.54) is 0 Å². The molecular weight excluding hydrogens is 324 g/mol.